The lowest BCUT2D eigenvalue weighted by atomic mass is 10.0. The van der Waals surface area contributed by atoms with Crippen LogP contribution in [0.4, 0.5) is 10.5 Å². The monoisotopic (exact) mass is 554 g/mol. The van der Waals surface area contributed by atoms with Crippen molar-refractivity contribution in [3.05, 3.63) is 111 Å². The van der Waals surface area contributed by atoms with Gasteiger partial charge in [0.15, 0.2) is 0 Å². The molecule has 5 rings (SSSR count). The standard InChI is InChI=1S/C30H23BrN2O4/c1-18-7-5-12-26(19(18)2)33-29(35)24(28(34)32-30(33)36)15-20-13-14-27(25(31)16-20)37-17-22-10-6-9-21-8-3-4-11-23(21)22/h3-16H,17H2,1-2H3,(H,32,34,36)/b24-15+. The van der Waals surface area contributed by atoms with E-state index >= 15 is 0 Å². The summed E-state index contributed by atoms with van der Waals surface area (Å²) < 4.78 is 6.74. The first-order chi connectivity index (χ1) is 17.8. The zero-order valence-electron chi connectivity index (χ0n) is 20.2. The SMILES string of the molecule is Cc1cccc(N2C(=O)NC(=O)/C(=C\c3ccc(OCc4cccc5ccccc45)c(Br)c3)C2=O)c1C. The second-order valence-electron chi connectivity index (χ2n) is 8.79. The van der Waals surface area contributed by atoms with E-state index in [1.807, 2.05) is 44.2 Å². The van der Waals surface area contributed by atoms with Gasteiger partial charge in [0.2, 0.25) is 0 Å². The van der Waals surface area contributed by atoms with Crippen LogP contribution in [0, 0.1) is 13.8 Å². The Kier molecular flexibility index (Phi) is 6.63. The normalized spacial score (nSPS) is 14.8. The molecule has 1 aliphatic heterocycles. The summed E-state index contributed by atoms with van der Waals surface area (Å²) in [7, 11) is 0. The van der Waals surface area contributed by atoms with Gasteiger partial charge in [0, 0.05) is 0 Å². The van der Waals surface area contributed by atoms with E-state index in [1.54, 1.807) is 30.3 Å². The molecule has 1 fully saturated rings. The molecule has 0 radical (unpaired) electrons. The van der Waals surface area contributed by atoms with Crippen molar-refractivity contribution in [2.45, 2.75) is 20.5 Å². The van der Waals surface area contributed by atoms with Crippen LogP contribution in [0.2, 0.25) is 0 Å². The second kappa shape index (κ2) is 10.0. The molecule has 0 spiro atoms. The molecule has 1 saturated heterocycles. The highest BCUT2D eigenvalue weighted by atomic mass is 79.9. The van der Waals surface area contributed by atoms with Crippen molar-refractivity contribution in [1.82, 2.24) is 5.32 Å². The lowest BCUT2D eigenvalue weighted by molar-refractivity contribution is -0.122. The van der Waals surface area contributed by atoms with Crippen LogP contribution in [0.3, 0.4) is 0 Å². The van der Waals surface area contributed by atoms with E-state index in [4.69, 9.17) is 4.74 Å². The van der Waals surface area contributed by atoms with Crippen LogP contribution < -0.4 is 15.0 Å². The minimum atomic E-state index is -0.765. The number of nitrogens with one attached hydrogen (secondary N) is 1. The Bertz CT molecular complexity index is 1600. The van der Waals surface area contributed by atoms with Crippen molar-refractivity contribution in [3.63, 3.8) is 0 Å². The minimum absolute atomic E-state index is 0.128. The predicted octanol–water partition coefficient (Wildman–Crippen LogP) is 6.46. The molecule has 0 atom stereocenters. The summed E-state index contributed by atoms with van der Waals surface area (Å²) >= 11 is 3.54. The van der Waals surface area contributed by atoms with Gasteiger partial charge < -0.3 is 4.74 Å². The number of urea groups is 1. The van der Waals surface area contributed by atoms with E-state index < -0.39 is 17.8 Å². The quantitative estimate of drug-likeness (QED) is 0.227. The number of amides is 4. The predicted molar refractivity (Wildman–Crippen MR) is 147 cm³/mol. The Balaban J connectivity index is 1.39. The molecule has 0 unspecified atom stereocenters. The summed E-state index contributed by atoms with van der Waals surface area (Å²) in [6, 6.07) is 24.1. The van der Waals surface area contributed by atoms with E-state index in [-0.39, 0.29) is 5.57 Å². The van der Waals surface area contributed by atoms with E-state index in [0.717, 1.165) is 32.4 Å². The summed E-state index contributed by atoms with van der Waals surface area (Å²) in [6.07, 6.45) is 1.47. The van der Waals surface area contributed by atoms with E-state index in [9.17, 15) is 14.4 Å². The van der Waals surface area contributed by atoms with Crippen molar-refractivity contribution in [1.29, 1.82) is 0 Å². The Morgan fingerprint density at radius 1 is 0.919 bits per heavy atom. The van der Waals surface area contributed by atoms with Gasteiger partial charge in [-0.05, 0) is 87.1 Å². The van der Waals surface area contributed by atoms with Crippen LogP contribution in [0.15, 0.2) is 88.9 Å². The van der Waals surface area contributed by atoms with Gasteiger partial charge in [0.1, 0.15) is 17.9 Å². The Hall–Kier alpha value is -4.23. The molecule has 0 aliphatic carbocycles. The fraction of sp³-hybridized carbons (Fsp3) is 0.100. The molecular weight excluding hydrogens is 532 g/mol. The lowest BCUT2D eigenvalue weighted by Crippen LogP contribution is -2.54. The number of carbonyl (C=O) groups excluding carboxylic acids is 3. The van der Waals surface area contributed by atoms with Gasteiger partial charge >= 0.3 is 6.03 Å². The van der Waals surface area contributed by atoms with E-state index in [0.29, 0.717) is 28.1 Å². The third-order valence-corrected chi connectivity index (χ3v) is 7.07. The van der Waals surface area contributed by atoms with Crippen molar-refractivity contribution in [2.24, 2.45) is 0 Å². The van der Waals surface area contributed by atoms with Crippen LogP contribution >= 0.6 is 15.9 Å². The van der Waals surface area contributed by atoms with Crippen molar-refractivity contribution in [3.8, 4) is 5.75 Å². The van der Waals surface area contributed by atoms with Crippen molar-refractivity contribution >= 4 is 56.3 Å². The van der Waals surface area contributed by atoms with E-state index in [2.05, 4.69) is 39.4 Å². The molecule has 184 valence electrons. The number of nitrogens with zero attached hydrogens (tertiary/aromatic N) is 1. The first kappa shape index (κ1) is 24.5. The third kappa shape index (κ3) is 4.78. The molecule has 4 aromatic carbocycles. The summed E-state index contributed by atoms with van der Waals surface area (Å²) in [5.74, 6) is -0.777. The molecule has 1 N–H and O–H groups in total. The highest BCUT2D eigenvalue weighted by Crippen LogP contribution is 2.30. The average molecular weight is 555 g/mol. The number of hydrogen-bond acceptors (Lipinski definition) is 4. The number of halogens is 1. The smallest absolute Gasteiger partial charge is 0.335 e. The maximum atomic E-state index is 13.3. The Labute approximate surface area is 222 Å². The maximum absolute atomic E-state index is 13.3. The molecule has 0 saturated carbocycles. The molecule has 4 amide bonds. The van der Waals surface area contributed by atoms with Crippen LogP contribution in [0.5, 0.6) is 5.75 Å². The minimum Gasteiger partial charge on any atom is -0.488 e. The van der Waals surface area contributed by atoms with Gasteiger partial charge in [-0.15, -0.1) is 0 Å². The number of imide groups is 2. The van der Waals surface area contributed by atoms with Gasteiger partial charge in [-0.3, -0.25) is 14.9 Å². The molecule has 0 aromatic heterocycles. The van der Waals surface area contributed by atoms with Crippen LogP contribution in [0.25, 0.3) is 16.8 Å². The summed E-state index contributed by atoms with van der Waals surface area (Å²) in [4.78, 5) is 39.4. The fourth-order valence-electron chi connectivity index (χ4n) is 4.32. The van der Waals surface area contributed by atoms with E-state index in [1.165, 1.54) is 6.08 Å². The number of aryl methyl sites for hydroxylation is 1. The zero-order valence-corrected chi connectivity index (χ0v) is 21.8. The van der Waals surface area contributed by atoms with Gasteiger partial charge in [0.05, 0.1) is 10.2 Å². The topological polar surface area (TPSA) is 75.7 Å². The van der Waals surface area contributed by atoms with Gasteiger partial charge in [-0.25, -0.2) is 9.69 Å². The van der Waals surface area contributed by atoms with Gasteiger partial charge in [-0.2, -0.15) is 0 Å². The number of ether oxygens (including phenoxy) is 1. The molecule has 0 bridgehead atoms. The lowest BCUT2D eigenvalue weighted by Gasteiger charge is -2.28. The Morgan fingerprint density at radius 3 is 2.49 bits per heavy atom. The third-order valence-electron chi connectivity index (χ3n) is 6.45. The van der Waals surface area contributed by atoms with Crippen molar-refractivity contribution in [2.75, 3.05) is 4.90 Å². The zero-order chi connectivity index (χ0) is 26.1. The molecule has 1 heterocycles. The summed E-state index contributed by atoms with van der Waals surface area (Å²) in [5.41, 5.74) is 3.71. The highest BCUT2D eigenvalue weighted by Gasteiger charge is 2.37. The van der Waals surface area contributed by atoms with Gasteiger partial charge in [-0.1, -0.05) is 60.7 Å². The fourth-order valence-corrected chi connectivity index (χ4v) is 4.83. The maximum Gasteiger partial charge on any atom is 0.335 e. The first-order valence-electron chi connectivity index (χ1n) is 11.7. The molecule has 6 nitrogen and oxygen atoms in total. The largest absolute Gasteiger partial charge is 0.488 e. The van der Waals surface area contributed by atoms with Crippen LogP contribution in [-0.4, -0.2) is 17.8 Å². The van der Waals surface area contributed by atoms with Crippen LogP contribution in [0.1, 0.15) is 22.3 Å². The number of carbonyl (C=O) groups is 3. The molecule has 7 heteroatoms. The molecule has 37 heavy (non-hydrogen) atoms. The molecular formula is C30H23BrN2O4. The van der Waals surface area contributed by atoms with Crippen LogP contribution in [-0.2, 0) is 16.2 Å². The number of anilines is 1. The number of rotatable bonds is 5. The molecule has 1 aliphatic rings. The summed E-state index contributed by atoms with van der Waals surface area (Å²) in [5, 5.41) is 4.56. The van der Waals surface area contributed by atoms with Crippen molar-refractivity contribution < 1.29 is 19.1 Å². The number of hydrogen-bond donors (Lipinski definition) is 1. The Morgan fingerprint density at radius 2 is 1.68 bits per heavy atom. The summed E-state index contributed by atoms with van der Waals surface area (Å²) in [6.45, 7) is 4.11. The highest BCUT2D eigenvalue weighted by molar-refractivity contribution is 9.10. The first-order valence-corrected chi connectivity index (χ1v) is 12.5. The van der Waals surface area contributed by atoms with Gasteiger partial charge in [0.25, 0.3) is 11.8 Å². The number of barbiturate groups is 1. The average Bonchev–Trinajstić information content (AvgIpc) is 2.88. The molecule has 4 aromatic rings. The number of fused-ring (bicyclic) bond motifs is 1. The second-order valence-corrected chi connectivity index (χ2v) is 9.65. The number of benzene rings is 4.